The van der Waals surface area contributed by atoms with Gasteiger partial charge in [0.2, 0.25) is 0 Å². The van der Waals surface area contributed by atoms with E-state index < -0.39 is 0 Å². The van der Waals surface area contributed by atoms with Crippen LogP contribution in [0.15, 0.2) is 55.6 Å². The van der Waals surface area contributed by atoms with E-state index in [-0.39, 0.29) is 0 Å². The van der Waals surface area contributed by atoms with E-state index in [0.717, 1.165) is 17.5 Å². The Morgan fingerprint density at radius 3 is 2.67 bits per heavy atom. The van der Waals surface area contributed by atoms with Crippen LogP contribution in [-0.2, 0) is 6.42 Å². The summed E-state index contributed by atoms with van der Waals surface area (Å²) < 4.78 is 0. The molecule has 0 fully saturated rings. The highest BCUT2D eigenvalue weighted by molar-refractivity contribution is 5.62. The minimum atomic E-state index is 0.890. The van der Waals surface area contributed by atoms with E-state index in [1.807, 2.05) is 24.5 Å². The summed E-state index contributed by atoms with van der Waals surface area (Å²) in [5.74, 6) is 0. The third-order valence-corrected chi connectivity index (χ3v) is 2.20. The van der Waals surface area contributed by atoms with Gasteiger partial charge in [-0.2, -0.15) is 0 Å². The van der Waals surface area contributed by atoms with Crippen LogP contribution in [-0.4, -0.2) is 9.97 Å². The van der Waals surface area contributed by atoms with Crippen molar-refractivity contribution in [1.82, 2.24) is 9.97 Å². The number of allylic oxidation sites excluding steroid dienone is 1. The summed E-state index contributed by atoms with van der Waals surface area (Å²) in [6, 6.07) is 8.34. The lowest BCUT2D eigenvalue weighted by atomic mass is 10.0. The minimum absolute atomic E-state index is 0.890. The summed E-state index contributed by atoms with van der Waals surface area (Å²) in [5, 5.41) is 0. The van der Waals surface area contributed by atoms with Gasteiger partial charge in [-0.25, -0.2) is 9.97 Å². The molecule has 0 saturated carbocycles. The van der Waals surface area contributed by atoms with Gasteiger partial charge in [0.25, 0.3) is 0 Å². The van der Waals surface area contributed by atoms with Gasteiger partial charge in [0.1, 0.15) is 6.33 Å². The molecule has 0 amide bonds. The molecule has 0 unspecified atom stereocenters. The van der Waals surface area contributed by atoms with E-state index in [0.29, 0.717) is 0 Å². The first-order valence-electron chi connectivity index (χ1n) is 4.85. The van der Waals surface area contributed by atoms with E-state index in [1.54, 1.807) is 0 Å². The molecule has 0 aliphatic rings. The van der Waals surface area contributed by atoms with Crippen molar-refractivity contribution in [2.45, 2.75) is 6.42 Å². The zero-order valence-electron chi connectivity index (χ0n) is 8.43. The van der Waals surface area contributed by atoms with Gasteiger partial charge >= 0.3 is 0 Å². The standard InChI is InChI=1S/C13H12N2/c1-2-4-11-5-3-6-12(7-11)13-8-14-10-15-9-13/h2-3,5-10H,1,4H2. The van der Waals surface area contributed by atoms with Crippen LogP contribution < -0.4 is 0 Å². The smallest absolute Gasteiger partial charge is 0.115 e. The van der Waals surface area contributed by atoms with Crippen LogP contribution in [0.5, 0.6) is 0 Å². The van der Waals surface area contributed by atoms with Gasteiger partial charge in [-0.1, -0.05) is 30.3 Å². The van der Waals surface area contributed by atoms with Crippen molar-refractivity contribution in [2.75, 3.05) is 0 Å². The first-order valence-corrected chi connectivity index (χ1v) is 4.85. The van der Waals surface area contributed by atoms with Crippen molar-refractivity contribution in [3.63, 3.8) is 0 Å². The highest BCUT2D eigenvalue weighted by Crippen LogP contribution is 2.18. The Balaban J connectivity index is 2.37. The predicted molar refractivity (Wildman–Crippen MR) is 61.4 cm³/mol. The third-order valence-electron chi connectivity index (χ3n) is 2.20. The summed E-state index contributed by atoms with van der Waals surface area (Å²) in [6.07, 6.45) is 7.97. The van der Waals surface area contributed by atoms with E-state index in [4.69, 9.17) is 0 Å². The van der Waals surface area contributed by atoms with Crippen molar-refractivity contribution in [2.24, 2.45) is 0 Å². The Hall–Kier alpha value is -1.96. The van der Waals surface area contributed by atoms with Crippen LogP contribution in [0.1, 0.15) is 5.56 Å². The summed E-state index contributed by atoms with van der Waals surface area (Å²) >= 11 is 0. The van der Waals surface area contributed by atoms with Crippen LogP contribution >= 0.6 is 0 Å². The fourth-order valence-electron chi connectivity index (χ4n) is 1.49. The molecule has 0 aliphatic carbocycles. The van der Waals surface area contributed by atoms with Crippen LogP contribution in [0.25, 0.3) is 11.1 Å². The fraction of sp³-hybridized carbons (Fsp3) is 0.0769. The van der Waals surface area contributed by atoms with Crippen molar-refractivity contribution in [3.8, 4) is 11.1 Å². The number of aromatic nitrogens is 2. The molecule has 2 rings (SSSR count). The molecule has 0 saturated heterocycles. The van der Waals surface area contributed by atoms with Crippen LogP contribution in [0, 0.1) is 0 Å². The van der Waals surface area contributed by atoms with Crippen LogP contribution in [0.3, 0.4) is 0 Å². The molecule has 1 heterocycles. The maximum absolute atomic E-state index is 4.01. The number of rotatable bonds is 3. The molecule has 0 radical (unpaired) electrons. The Morgan fingerprint density at radius 2 is 1.93 bits per heavy atom. The molecule has 74 valence electrons. The number of hydrogen-bond acceptors (Lipinski definition) is 2. The Labute approximate surface area is 89.3 Å². The average Bonchev–Trinajstić information content (AvgIpc) is 2.31. The molecule has 1 aromatic heterocycles. The Kier molecular flexibility index (Phi) is 2.88. The number of nitrogens with zero attached hydrogens (tertiary/aromatic N) is 2. The summed E-state index contributed by atoms with van der Waals surface area (Å²) in [7, 11) is 0. The van der Waals surface area contributed by atoms with E-state index in [9.17, 15) is 0 Å². The van der Waals surface area contributed by atoms with Gasteiger partial charge < -0.3 is 0 Å². The SMILES string of the molecule is C=CCc1cccc(-c2cncnc2)c1. The molecular weight excluding hydrogens is 184 g/mol. The van der Waals surface area contributed by atoms with Crippen molar-refractivity contribution >= 4 is 0 Å². The van der Waals surface area contributed by atoms with Gasteiger partial charge in [0, 0.05) is 18.0 Å². The highest BCUT2D eigenvalue weighted by atomic mass is 14.8. The molecule has 0 aliphatic heterocycles. The van der Waals surface area contributed by atoms with Gasteiger partial charge in [-0.15, -0.1) is 6.58 Å². The molecule has 0 bridgehead atoms. The van der Waals surface area contributed by atoms with Crippen LogP contribution in [0.2, 0.25) is 0 Å². The molecule has 2 heteroatoms. The summed E-state index contributed by atoms with van der Waals surface area (Å²) in [5.41, 5.74) is 3.45. The molecule has 2 nitrogen and oxygen atoms in total. The lowest BCUT2D eigenvalue weighted by Gasteiger charge is -2.02. The maximum Gasteiger partial charge on any atom is 0.115 e. The lowest BCUT2D eigenvalue weighted by molar-refractivity contribution is 1.17. The second kappa shape index (κ2) is 4.51. The minimum Gasteiger partial charge on any atom is -0.244 e. The van der Waals surface area contributed by atoms with Gasteiger partial charge in [0.15, 0.2) is 0 Å². The topological polar surface area (TPSA) is 25.8 Å². The molecule has 0 spiro atoms. The molecule has 1 aromatic carbocycles. The van der Waals surface area contributed by atoms with E-state index >= 15 is 0 Å². The summed E-state index contributed by atoms with van der Waals surface area (Å²) in [6.45, 7) is 3.73. The van der Waals surface area contributed by atoms with Gasteiger partial charge in [-0.3, -0.25) is 0 Å². The molecule has 2 aromatic rings. The second-order valence-electron chi connectivity index (χ2n) is 3.32. The lowest BCUT2D eigenvalue weighted by Crippen LogP contribution is -1.85. The molecule has 0 atom stereocenters. The normalized spacial score (nSPS) is 9.87. The summed E-state index contributed by atoms with van der Waals surface area (Å²) in [4.78, 5) is 8.01. The van der Waals surface area contributed by atoms with Crippen LogP contribution in [0.4, 0.5) is 0 Å². The van der Waals surface area contributed by atoms with Crippen molar-refractivity contribution in [1.29, 1.82) is 0 Å². The zero-order chi connectivity index (χ0) is 10.5. The Morgan fingerprint density at radius 1 is 1.13 bits per heavy atom. The third kappa shape index (κ3) is 2.29. The molecule has 15 heavy (non-hydrogen) atoms. The second-order valence-corrected chi connectivity index (χ2v) is 3.32. The van der Waals surface area contributed by atoms with E-state index in [1.165, 1.54) is 11.9 Å². The highest BCUT2D eigenvalue weighted by Gasteiger charge is 1.98. The maximum atomic E-state index is 4.01. The number of benzene rings is 1. The molecular formula is C13H12N2. The quantitative estimate of drug-likeness (QED) is 0.705. The average molecular weight is 196 g/mol. The van der Waals surface area contributed by atoms with Gasteiger partial charge in [-0.05, 0) is 17.5 Å². The molecule has 0 N–H and O–H groups in total. The fourth-order valence-corrected chi connectivity index (χ4v) is 1.49. The predicted octanol–water partition coefficient (Wildman–Crippen LogP) is 2.87. The van der Waals surface area contributed by atoms with Gasteiger partial charge in [0.05, 0.1) is 0 Å². The Bertz CT molecular complexity index is 449. The monoisotopic (exact) mass is 196 g/mol. The zero-order valence-corrected chi connectivity index (χ0v) is 8.43. The first kappa shape index (κ1) is 9.59. The number of hydrogen-bond donors (Lipinski definition) is 0. The largest absolute Gasteiger partial charge is 0.244 e. The van der Waals surface area contributed by atoms with E-state index in [2.05, 4.69) is 34.7 Å². The van der Waals surface area contributed by atoms with Crippen molar-refractivity contribution in [3.05, 3.63) is 61.2 Å². The first-order chi connectivity index (χ1) is 7.40. The van der Waals surface area contributed by atoms with Crippen molar-refractivity contribution < 1.29 is 0 Å².